The molecule has 1 amide bonds. The SMILES string of the molecule is CC.CCC(COC)NC(C)=O. The fourth-order valence-electron chi connectivity index (χ4n) is 0.750. The van der Waals surface area contributed by atoms with Crippen molar-refractivity contribution in [3.05, 3.63) is 0 Å². The van der Waals surface area contributed by atoms with Crippen LogP contribution in [0.15, 0.2) is 0 Å². The van der Waals surface area contributed by atoms with Crippen molar-refractivity contribution in [2.24, 2.45) is 0 Å². The highest BCUT2D eigenvalue weighted by atomic mass is 16.5. The van der Waals surface area contributed by atoms with E-state index in [0.29, 0.717) is 6.61 Å². The second-order valence-electron chi connectivity index (χ2n) is 2.26. The van der Waals surface area contributed by atoms with E-state index in [2.05, 4.69) is 5.32 Å². The average molecular weight is 175 g/mol. The van der Waals surface area contributed by atoms with Gasteiger partial charge in [0.25, 0.3) is 0 Å². The molecular weight excluding hydrogens is 154 g/mol. The van der Waals surface area contributed by atoms with Crippen molar-refractivity contribution in [1.29, 1.82) is 0 Å². The smallest absolute Gasteiger partial charge is 0.217 e. The van der Waals surface area contributed by atoms with Crippen LogP contribution in [-0.2, 0) is 9.53 Å². The van der Waals surface area contributed by atoms with E-state index in [9.17, 15) is 4.79 Å². The molecule has 0 aliphatic carbocycles. The van der Waals surface area contributed by atoms with Gasteiger partial charge in [-0.1, -0.05) is 20.8 Å². The van der Waals surface area contributed by atoms with Gasteiger partial charge in [0.15, 0.2) is 0 Å². The molecule has 0 rings (SSSR count). The number of amides is 1. The van der Waals surface area contributed by atoms with Crippen LogP contribution in [0.25, 0.3) is 0 Å². The van der Waals surface area contributed by atoms with Gasteiger partial charge in [0.1, 0.15) is 0 Å². The van der Waals surface area contributed by atoms with Crippen molar-refractivity contribution >= 4 is 5.91 Å². The van der Waals surface area contributed by atoms with E-state index < -0.39 is 0 Å². The summed E-state index contributed by atoms with van der Waals surface area (Å²) in [6, 6.07) is 0.169. The van der Waals surface area contributed by atoms with E-state index in [0.717, 1.165) is 6.42 Å². The summed E-state index contributed by atoms with van der Waals surface area (Å²) in [7, 11) is 1.63. The van der Waals surface area contributed by atoms with Gasteiger partial charge in [-0.2, -0.15) is 0 Å². The van der Waals surface area contributed by atoms with Crippen LogP contribution in [0.1, 0.15) is 34.1 Å². The van der Waals surface area contributed by atoms with Gasteiger partial charge >= 0.3 is 0 Å². The molecule has 0 aliphatic rings. The highest BCUT2D eigenvalue weighted by Gasteiger charge is 2.04. The fourth-order valence-corrected chi connectivity index (χ4v) is 0.750. The summed E-state index contributed by atoms with van der Waals surface area (Å²) in [4.78, 5) is 10.5. The maximum Gasteiger partial charge on any atom is 0.217 e. The summed E-state index contributed by atoms with van der Waals surface area (Å²) in [6.45, 7) is 8.12. The van der Waals surface area contributed by atoms with Gasteiger partial charge in [-0.25, -0.2) is 0 Å². The molecule has 0 radical (unpaired) electrons. The molecule has 3 heteroatoms. The summed E-state index contributed by atoms with van der Waals surface area (Å²) in [6.07, 6.45) is 0.910. The minimum Gasteiger partial charge on any atom is -0.383 e. The fraction of sp³-hybridized carbons (Fsp3) is 0.889. The monoisotopic (exact) mass is 175 g/mol. The van der Waals surface area contributed by atoms with Gasteiger partial charge in [-0.3, -0.25) is 4.79 Å². The van der Waals surface area contributed by atoms with Gasteiger partial charge in [-0.05, 0) is 6.42 Å². The lowest BCUT2D eigenvalue weighted by atomic mass is 10.2. The molecule has 0 saturated heterocycles. The number of hydrogen-bond acceptors (Lipinski definition) is 2. The minimum atomic E-state index is 0.00361. The molecule has 0 aliphatic heterocycles. The molecular formula is C9H21NO2. The van der Waals surface area contributed by atoms with E-state index in [4.69, 9.17) is 4.74 Å². The molecule has 0 saturated carbocycles. The van der Waals surface area contributed by atoms with E-state index in [1.807, 2.05) is 20.8 Å². The topological polar surface area (TPSA) is 38.3 Å². The standard InChI is InChI=1S/C7H15NO2.C2H6/c1-4-7(5-10-3)8-6(2)9;1-2/h7H,4-5H2,1-3H3,(H,8,9);1-2H3. The lowest BCUT2D eigenvalue weighted by molar-refractivity contribution is -0.120. The Morgan fingerprint density at radius 2 is 2.00 bits per heavy atom. The van der Waals surface area contributed by atoms with Crippen LogP contribution < -0.4 is 5.32 Å². The first kappa shape index (κ1) is 14.0. The van der Waals surface area contributed by atoms with Gasteiger partial charge in [0.2, 0.25) is 5.91 Å². The third-order valence-electron chi connectivity index (χ3n) is 1.27. The molecule has 12 heavy (non-hydrogen) atoms. The number of carbonyl (C=O) groups excluding carboxylic acids is 1. The summed E-state index contributed by atoms with van der Waals surface area (Å²) >= 11 is 0. The molecule has 0 aromatic rings. The molecule has 3 nitrogen and oxygen atoms in total. The molecule has 0 aromatic heterocycles. The van der Waals surface area contributed by atoms with Crippen LogP contribution in [0, 0.1) is 0 Å². The molecule has 1 unspecified atom stereocenters. The Bertz CT molecular complexity index is 105. The van der Waals surface area contributed by atoms with Crippen LogP contribution in [0.4, 0.5) is 0 Å². The number of methoxy groups -OCH3 is 1. The first-order valence-electron chi connectivity index (χ1n) is 4.46. The van der Waals surface area contributed by atoms with Crippen molar-refractivity contribution in [3.63, 3.8) is 0 Å². The summed E-state index contributed by atoms with van der Waals surface area (Å²) in [5.41, 5.74) is 0. The van der Waals surface area contributed by atoms with Crippen LogP contribution in [0.5, 0.6) is 0 Å². The lowest BCUT2D eigenvalue weighted by Crippen LogP contribution is -2.35. The quantitative estimate of drug-likeness (QED) is 0.704. The zero-order valence-corrected chi connectivity index (χ0v) is 8.81. The van der Waals surface area contributed by atoms with Crippen molar-refractivity contribution < 1.29 is 9.53 Å². The molecule has 0 bridgehead atoms. The average Bonchev–Trinajstić information content (AvgIpc) is 2.07. The third-order valence-corrected chi connectivity index (χ3v) is 1.27. The van der Waals surface area contributed by atoms with E-state index >= 15 is 0 Å². The Hall–Kier alpha value is -0.570. The normalized spacial score (nSPS) is 11.1. The van der Waals surface area contributed by atoms with Crippen LogP contribution in [0.2, 0.25) is 0 Å². The molecule has 0 aromatic carbocycles. The Kier molecular flexibility index (Phi) is 12.2. The molecule has 0 fully saturated rings. The lowest BCUT2D eigenvalue weighted by Gasteiger charge is -2.13. The molecule has 0 heterocycles. The zero-order valence-electron chi connectivity index (χ0n) is 8.81. The zero-order chi connectivity index (χ0) is 9.98. The van der Waals surface area contributed by atoms with E-state index in [-0.39, 0.29) is 11.9 Å². The molecule has 0 spiro atoms. The van der Waals surface area contributed by atoms with Gasteiger partial charge in [0, 0.05) is 14.0 Å². The molecule has 74 valence electrons. The Morgan fingerprint density at radius 1 is 1.50 bits per heavy atom. The minimum absolute atomic E-state index is 0.00361. The van der Waals surface area contributed by atoms with Crippen LogP contribution >= 0.6 is 0 Å². The van der Waals surface area contributed by atoms with Crippen LogP contribution in [-0.4, -0.2) is 25.7 Å². The largest absolute Gasteiger partial charge is 0.383 e. The summed E-state index contributed by atoms with van der Waals surface area (Å²) < 4.78 is 4.88. The number of nitrogens with one attached hydrogen (secondary N) is 1. The highest BCUT2D eigenvalue weighted by Crippen LogP contribution is 1.89. The predicted molar refractivity (Wildman–Crippen MR) is 51.1 cm³/mol. The van der Waals surface area contributed by atoms with Crippen molar-refractivity contribution in [3.8, 4) is 0 Å². The Labute approximate surface area is 75.5 Å². The first-order valence-corrected chi connectivity index (χ1v) is 4.46. The number of ether oxygens (including phenoxy) is 1. The van der Waals surface area contributed by atoms with Crippen LogP contribution in [0.3, 0.4) is 0 Å². The third kappa shape index (κ3) is 9.43. The number of carbonyl (C=O) groups is 1. The molecule has 1 N–H and O–H groups in total. The summed E-state index contributed by atoms with van der Waals surface area (Å²) in [5, 5.41) is 2.77. The Balaban J connectivity index is 0. The van der Waals surface area contributed by atoms with Crippen molar-refractivity contribution in [2.75, 3.05) is 13.7 Å². The van der Waals surface area contributed by atoms with Crippen molar-refractivity contribution in [2.45, 2.75) is 40.2 Å². The number of hydrogen-bond donors (Lipinski definition) is 1. The number of rotatable bonds is 4. The summed E-state index contributed by atoms with van der Waals surface area (Å²) in [5.74, 6) is 0.00361. The highest BCUT2D eigenvalue weighted by molar-refractivity contribution is 5.73. The second kappa shape index (κ2) is 10.4. The van der Waals surface area contributed by atoms with E-state index in [1.54, 1.807) is 7.11 Å². The van der Waals surface area contributed by atoms with Gasteiger partial charge in [-0.15, -0.1) is 0 Å². The first-order chi connectivity index (χ1) is 5.70. The second-order valence-corrected chi connectivity index (χ2v) is 2.26. The van der Waals surface area contributed by atoms with Gasteiger partial charge in [0.05, 0.1) is 12.6 Å². The predicted octanol–water partition coefficient (Wildman–Crippen LogP) is 1.57. The van der Waals surface area contributed by atoms with Gasteiger partial charge < -0.3 is 10.1 Å². The van der Waals surface area contributed by atoms with Crippen molar-refractivity contribution in [1.82, 2.24) is 5.32 Å². The Morgan fingerprint density at radius 3 is 2.25 bits per heavy atom. The maximum absolute atomic E-state index is 10.5. The molecule has 1 atom stereocenters. The maximum atomic E-state index is 10.5. The van der Waals surface area contributed by atoms with E-state index in [1.165, 1.54) is 6.92 Å².